The second-order valence-corrected chi connectivity index (χ2v) is 7.48. The Hall–Kier alpha value is -2.84. The number of anilines is 1. The van der Waals surface area contributed by atoms with E-state index in [0.717, 1.165) is 6.42 Å². The van der Waals surface area contributed by atoms with Crippen LogP contribution in [0.25, 0.3) is 21.8 Å². The summed E-state index contributed by atoms with van der Waals surface area (Å²) in [6, 6.07) is 7.95. The van der Waals surface area contributed by atoms with Gasteiger partial charge in [-0.05, 0) is 46.3 Å². The fourth-order valence-corrected chi connectivity index (χ4v) is 3.98. The van der Waals surface area contributed by atoms with E-state index in [-0.39, 0.29) is 17.5 Å². The van der Waals surface area contributed by atoms with Crippen molar-refractivity contribution in [1.29, 1.82) is 0 Å². The summed E-state index contributed by atoms with van der Waals surface area (Å²) in [4.78, 5) is 17.6. The van der Waals surface area contributed by atoms with E-state index in [1.54, 1.807) is 29.2 Å². The maximum Gasteiger partial charge on any atom is 0.195 e. The second kappa shape index (κ2) is 6.35. The number of fused-ring (bicyclic) bond motifs is 2. The Bertz CT molecular complexity index is 1270. The molecule has 1 unspecified atom stereocenters. The highest BCUT2D eigenvalue weighted by Crippen LogP contribution is 2.34. The summed E-state index contributed by atoms with van der Waals surface area (Å²) < 4.78 is 22.0. The van der Waals surface area contributed by atoms with Crippen molar-refractivity contribution >= 4 is 49.2 Å². The monoisotopic (exact) mass is 440 g/mol. The summed E-state index contributed by atoms with van der Waals surface area (Å²) in [5.74, 6) is -0.787. The third-order valence-corrected chi connectivity index (χ3v) is 5.59. The number of benzene rings is 2. The molecule has 2 aromatic heterocycles. The molecule has 4 aromatic rings. The summed E-state index contributed by atoms with van der Waals surface area (Å²) >= 11 is 3.46. The van der Waals surface area contributed by atoms with Gasteiger partial charge in [0.1, 0.15) is 5.52 Å². The number of carbonyl (C=O) groups excluding carboxylic acids is 1. The molecule has 28 heavy (non-hydrogen) atoms. The van der Waals surface area contributed by atoms with Gasteiger partial charge >= 0.3 is 0 Å². The molecule has 0 amide bonds. The van der Waals surface area contributed by atoms with E-state index in [1.165, 1.54) is 12.1 Å². The van der Waals surface area contributed by atoms with Crippen molar-refractivity contribution < 1.29 is 13.9 Å². The molecule has 1 fully saturated rings. The lowest BCUT2D eigenvalue weighted by molar-refractivity contribution is -0.106. The normalized spacial score (nSPS) is 16.4. The van der Waals surface area contributed by atoms with E-state index in [2.05, 4.69) is 26.0 Å². The Labute approximate surface area is 167 Å². The Morgan fingerprint density at radius 2 is 2.07 bits per heavy atom. The molecule has 6 nitrogen and oxygen atoms in total. The number of nitrogens with zero attached hydrogens (tertiary/aromatic N) is 3. The van der Waals surface area contributed by atoms with Crippen LogP contribution in [0.1, 0.15) is 28.6 Å². The molecule has 2 aromatic carbocycles. The number of nitrogen functional groups attached to an aromatic ring is 1. The van der Waals surface area contributed by atoms with Gasteiger partial charge in [-0.3, -0.25) is 9.78 Å². The van der Waals surface area contributed by atoms with Crippen LogP contribution in [-0.2, 0) is 4.74 Å². The molecule has 5 rings (SSSR count). The van der Waals surface area contributed by atoms with Gasteiger partial charge in [0.25, 0.3) is 0 Å². The van der Waals surface area contributed by atoms with Crippen molar-refractivity contribution in [3.63, 3.8) is 0 Å². The van der Waals surface area contributed by atoms with E-state index in [1.807, 2.05) is 6.07 Å². The topological polar surface area (TPSA) is 83.0 Å². The van der Waals surface area contributed by atoms with Crippen LogP contribution in [0.2, 0.25) is 0 Å². The Morgan fingerprint density at radius 1 is 1.25 bits per heavy atom. The minimum Gasteiger partial charge on any atom is -0.398 e. The van der Waals surface area contributed by atoms with Crippen LogP contribution < -0.4 is 5.73 Å². The number of pyridine rings is 1. The molecule has 3 heterocycles. The summed E-state index contributed by atoms with van der Waals surface area (Å²) in [7, 11) is 0. The van der Waals surface area contributed by atoms with Gasteiger partial charge in [0, 0.05) is 45.2 Å². The number of hydrogen-bond acceptors (Lipinski definition) is 5. The fraction of sp³-hybridized carbons (Fsp3) is 0.150. The van der Waals surface area contributed by atoms with Crippen LogP contribution in [0.15, 0.2) is 47.2 Å². The Morgan fingerprint density at radius 3 is 2.82 bits per heavy atom. The highest BCUT2D eigenvalue weighted by Gasteiger charge is 2.25. The van der Waals surface area contributed by atoms with E-state index in [9.17, 15) is 9.18 Å². The quantitative estimate of drug-likeness (QED) is 0.380. The molecule has 1 atom stereocenters. The zero-order chi connectivity index (χ0) is 19.4. The summed E-state index contributed by atoms with van der Waals surface area (Å²) in [5.41, 5.74) is 8.10. The zero-order valence-electron chi connectivity index (χ0n) is 14.5. The van der Waals surface area contributed by atoms with E-state index in [4.69, 9.17) is 10.5 Å². The van der Waals surface area contributed by atoms with Crippen LogP contribution in [-0.4, -0.2) is 27.2 Å². The smallest absolute Gasteiger partial charge is 0.195 e. The predicted molar refractivity (Wildman–Crippen MR) is 107 cm³/mol. The molecule has 0 saturated carbocycles. The minimum atomic E-state index is -0.485. The number of rotatable bonds is 3. The highest BCUT2D eigenvalue weighted by atomic mass is 79.9. The number of carbonyl (C=O) groups is 1. The van der Waals surface area contributed by atoms with Gasteiger partial charge in [0.2, 0.25) is 0 Å². The summed E-state index contributed by atoms with van der Waals surface area (Å²) in [5, 5.41) is 5.39. The van der Waals surface area contributed by atoms with Crippen molar-refractivity contribution in [3.8, 4) is 0 Å². The van der Waals surface area contributed by atoms with Crippen LogP contribution in [0.5, 0.6) is 0 Å². The molecule has 0 aliphatic carbocycles. The number of aromatic nitrogens is 3. The second-order valence-electron chi connectivity index (χ2n) is 6.63. The van der Waals surface area contributed by atoms with E-state index >= 15 is 0 Å². The molecule has 8 heteroatoms. The van der Waals surface area contributed by atoms with Gasteiger partial charge < -0.3 is 10.5 Å². The van der Waals surface area contributed by atoms with E-state index in [0.29, 0.717) is 44.2 Å². The molecule has 0 bridgehead atoms. The van der Waals surface area contributed by atoms with Crippen molar-refractivity contribution in [2.24, 2.45) is 0 Å². The van der Waals surface area contributed by atoms with Crippen molar-refractivity contribution in [2.75, 3.05) is 12.3 Å². The van der Waals surface area contributed by atoms with Crippen LogP contribution in [0.3, 0.4) is 0 Å². The molecule has 0 radical (unpaired) electrons. The molecule has 140 valence electrons. The first-order chi connectivity index (χ1) is 13.5. The zero-order valence-corrected chi connectivity index (χ0v) is 16.1. The van der Waals surface area contributed by atoms with Gasteiger partial charge in [-0.15, -0.1) is 0 Å². The standard InChI is InChI=1S/C20H14BrFN4O2/c21-14-8-12(17(23)11-2-1-6-24-18(11)14)20(27)10-3-4-15(22)19-13(10)9-26(25-19)16-5-7-28-16/h1-4,6,8-9,16H,5,7,23H2. The molecular weight excluding hydrogens is 427 g/mol. The lowest BCUT2D eigenvalue weighted by Gasteiger charge is -2.26. The summed E-state index contributed by atoms with van der Waals surface area (Å²) in [6.07, 6.45) is 3.90. The first-order valence-electron chi connectivity index (χ1n) is 8.71. The predicted octanol–water partition coefficient (Wildman–Crippen LogP) is 4.22. The lowest BCUT2D eigenvalue weighted by atomic mass is 9.97. The maximum atomic E-state index is 14.3. The third kappa shape index (κ3) is 2.52. The van der Waals surface area contributed by atoms with Gasteiger partial charge in [-0.2, -0.15) is 5.10 Å². The Kier molecular flexibility index (Phi) is 3.92. The van der Waals surface area contributed by atoms with Crippen molar-refractivity contribution in [1.82, 2.24) is 14.8 Å². The minimum absolute atomic E-state index is 0.140. The number of hydrogen-bond donors (Lipinski definition) is 1. The van der Waals surface area contributed by atoms with Crippen LogP contribution in [0, 0.1) is 5.82 Å². The van der Waals surface area contributed by atoms with Crippen molar-refractivity contribution in [3.05, 3.63) is 64.1 Å². The van der Waals surface area contributed by atoms with Crippen LogP contribution >= 0.6 is 15.9 Å². The van der Waals surface area contributed by atoms with Gasteiger partial charge in [0.15, 0.2) is 17.8 Å². The van der Waals surface area contributed by atoms with Gasteiger partial charge in [-0.25, -0.2) is 9.07 Å². The number of halogens is 2. The highest BCUT2D eigenvalue weighted by molar-refractivity contribution is 9.10. The molecule has 1 aliphatic rings. The molecule has 2 N–H and O–H groups in total. The fourth-order valence-electron chi connectivity index (χ4n) is 3.43. The lowest BCUT2D eigenvalue weighted by Crippen LogP contribution is -2.24. The number of ether oxygens (including phenoxy) is 1. The van der Waals surface area contributed by atoms with Gasteiger partial charge in [-0.1, -0.05) is 0 Å². The first-order valence-corrected chi connectivity index (χ1v) is 9.50. The number of ketones is 1. The molecule has 1 saturated heterocycles. The molecular formula is C20H14BrFN4O2. The molecule has 0 spiro atoms. The van der Waals surface area contributed by atoms with Crippen LogP contribution in [0.4, 0.5) is 10.1 Å². The van der Waals surface area contributed by atoms with Crippen molar-refractivity contribution in [2.45, 2.75) is 12.6 Å². The largest absolute Gasteiger partial charge is 0.398 e. The van der Waals surface area contributed by atoms with Gasteiger partial charge in [0.05, 0.1) is 17.8 Å². The van der Waals surface area contributed by atoms with E-state index < -0.39 is 5.82 Å². The number of nitrogens with two attached hydrogens (primary N) is 1. The average Bonchev–Trinajstić information content (AvgIpc) is 3.08. The maximum absolute atomic E-state index is 14.3. The summed E-state index contributed by atoms with van der Waals surface area (Å²) in [6.45, 7) is 0.644. The first kappa shape index (κ1) is 17.3. The average molecular weight is 441 g/mol. The third-order valence-electron chi connectivity index (χ3n) is 4.99. The Balaban J connectivity index is 1.69. The molecule has 1 aliphatic heterocycles. The SMILES string of the molecule is Nc1c(C(=O)c2ccc(F)c3nn(C4CCO4)cc23)cc(Br)c2ncccc12.